The number of halogens is 1. The maximum absolute atomic E-state index is 11.6. The highest BCUT2D eigenvalue weighted by Gasteiger charge is 2.21. The van der Waals surface area contributed by atoms with Gasteiger partial charge in [-0.15, -0.1) is 0 Å². The van der Waals surface area contributed by atoms with E-state index in [-0.39, 0.29) is 18.4 Å². The van der Waals surface area contributed by atoms with Gasteiger partial charge in [-0.25, -0.2) is 12.7 Å². The normalized spacial score (nSPS) is 14.6. The Morgan fingerprint density at radius 2 is 2.07 bits per heavy atom. The summed E-state index contributed by atoms with van der Waals surface area (Å²) in [6, 6.07) is -0.0263. The highest BCUT2D eigenvalue weighted by atomic mass is 79.9. The van der Waals surface area contributed by atoms with Gasteiger partial charge in [0.25, 0.3) is 0 Å². The molecule has 0 fully saturated rings. The predicted molar refractivity (Wildman–Crippen MR) is 61.3 cm³/mol. The van der Waals surface area contributed by atoms with Crippen LogP contribution in [0.1, 0.15) is 13.8 Å². The van der Waals surface area contributed by atoms with Crippen molar-refractivity contribution in [3.05, 3.63) is 0 Å². The van der Waals surface area contributed by atoms with Gasteiger partial charge in [-0.2, -0.15) is 0 Å². The zero-order valence-corrected chi connectivity index (χ0v) is 11.3. The first-order valence-corrected chi connectivity index (χ1v) is 7.28. The van der Waals surface area contributed by atoms with Gasteiger partial charge in [-0.05, 0) is 13.8 Å². The Bertz CT molecular complexity index is 243. The summed E-state index contributed by atoms with van der Waals surface area (Å²) in [6.45, 7) is 4.51. The molecule has 0 aliphatic rings. The van der Waals surface area contributed by atoms with Crippen LogP contribution in [0.3, 0.4) is 0 Å². The third-order valence-corrected chi connectivity index (χ3v) is 4.83. The summed E-state index contributed by atoms with van der Waals surface area (Å²) >= 11 is 3.25. The second-order valence-corrected chi connectivity index (χ2v) is 5.83. The molecular weight excluding hydrogens is 270 g/mol. The van der Waals surface area contributed by atoms with Crippen LogP contribution in [0.5, 0.6) is 0 Å². The van der Waals surface area contributed by atoms with Gasteiger partial charge < -0.3 is 4.74 Å². The van der Waals surface area contributed by atoms with E-state index < -0.39 is 10.0 Å². The highest BCUT2D eigenvalue weighted by Crippen LogP contribution is 2.06. The summed E-state index contributed by atoms with van der Waals surface area (Å²) in [5.74, 6) is 0.0503. The van der Waals surface area contributed by atoms with Gasteiger partial charge in [0.1, 0.15) is 0 Å². The fourth-order valence-corrected chi connectivity index (χ4v) is 2.69. The fraction of sp³-hybridized carbons (Fsp3) is 1.00. The lowest BCUT2D eigenvalue weighted by atomic mass is 10.4. The number of sulfonamides is 1. The molecule has 4 nitrogen and oxygen atoms in total. The SMILES string of the molecule is CCOCCS(=O)(=O)N(C)C(C)CBr. The molecule has 0 N–H and O–H groups in total. The van der Waals surface area contributed by atoms with Crippen LogP contribution in [-0.2, 0) is 14.8 Å². The molecule has 14 heavy (non-hydrogen) atoms. The van der Waals surface area contributed by atoms with E-state index in [9.17, 15) is 8.42 Å². The molecule has 0 saturated carbocycles. The minimum atomic E-state index is -3.17. The van der Waals surface area contributed by atoms with Crippen LogP contribution in [0.15, 0.2) is 0 Å². The van der Waals surface area contributed by atoms with Crippen molar-refractivity contribution in [2.45, 2.75) is 19.9 Å². The second-order valence-electron chi connectivity index (χ2n) is 3.03. The van der Waals surface area contributed by atoms with Crippen LogP contribution in [0.4, 0.5) is 0 Å². The summed E-state index contributed by atoms with van der Waals surface area (Å²) < 4.78 is 29.7. The topological polar surface area (TPSA) is 46.6 Å². The molecule has 0 aliphatic carbocycles. The zero-order valence-electron chi connectivity index (χ0n) is 8.86. The van der Waals surface area contributed by atoms with Gasteiger partial charge in [0.05, 0.1) is 12.4 Å². The maximum atomic E-state index is 11.6. The average molecular weight is 288 g/mol. The van der Waals surface area contributed by atoms with E-state index in [4.69, 9.17) is 4.74 Å². The summed E-state index contributed by atoms with van der Waals surface area (Å²) in [4.78, 5) is 0. The predicted octanol–water partition coefficient (Wildman–Crippen LogP) is 1.07. The molecule has 0 heterocycles. The number of hydrogen-bond donors (Lipinski definition) is 0. The van der Waals surface area contributed by atoms with Crippen molar-refractivity contribution >= 4 is 26.0 Å². The van der Waals surface area contributed by atoms with Crippen molar-refractivity contribution in [3.63, 3.8) is 0 Å². The molecule has 1 unspecified atom stereocenters. The second kappa shape index (κ2) is 6.76. The summed E-state index contributed by atoms with van der Waals surface area (Å²) in [7, 11) is -1.58. The first kappa shape index (κ1) is 14.3. The van der Waals surface area contributed by atoms with E-state index in [1.165, 1.54) is 4.31 Å². The lowest BCUT2D eigenvalue weighted by Gasteiger charge is -2.22. The first-order valence-electron chi connectivity index (χ1n) is 4.55. The van der Waals surface area contributed by atoms with E-state index in [1.54, 1.807) is 7.05 Å². The van der Waals surface area contributed by atoms with Crippen molar-refractivity contribution < 1.29 is 13.2 Å². The molecule has 0 aliphatic heterocycles. The van der Waals surface area contributed by atoms with Crippen molar-refractivity contribution in [2.24, 2.45) is 0 Å². The largest absolute Gasteiger partial charge is 0.381 e. The standard InChI is InChI=1S/C8H18BrNO3S/c1-4-13-5-6-14(11,12)10(3)8(2)7-9/h8H,4-7H2,1-3H3. The fourth-order valence-electron chi connectivity index (χ4n) is 0.824. The van der Waals surface area contributed by atoms with Gasteiger partial charge in [0.15, 0.2) is 0 Å². The quantitative estimate of drug-likeness (QED) is 0.520. The number of alkyl halides is 1. The van der Waals surface area contributed by atoms with Gasteiger partial charge in [-0.3, -0.25) is 0 Å². The molecule has 0 aromatic rings. The average Bonchev–Trinajstić information content (AvgIpc) is 2.15. The van der Waals surface area contributed by atoms with Crippen molar-refractivity contribution in [1.29, 1.82) is 0 Å². The molecule has 0 aromatic carbocycles. The molecule has 0 amide bonds. The van der Waals surface area contributed by atoms with Crippen LogP contribution in [0.2, 0.25) is 0 Å². The molecule has 0 bridgehead atoms. The molecule has 0 aromatic heterocycles. The summed E-state index contributed by atoms with van der Waals surface area (Å²) in [5.41, 5.74) is 0. The molecule has 86 valence electrons. The lowest BCUT2D eigenvalue weighted by molar-refractivity contribution is 0.162. The van der Waals surface area contributed by atoms with Gasteiger partial charge in [0, 0.05) is 25.0 Å². The van der Waals surface area contributed by atoms with E-state index in [2.05, 4.69) is 15.9 Å². The molecule has 0 saturated heterocycles. The van der Waals surface area contributed by atoms with E-state index in [1.807, 2.05) is 13.8 Å². The molecule has 0 radical (unpaired) electrons. The molecule has 0 spiro atoms. The van der Waals surface area contributed by atoms with Crippen molar-refractivity contribution in [1.82, 2.24) is 4.31 Å². The third-order valence-electron chi connectivity index (χ3n) is 1.97. The Labute approximate surface area is 94.8 Å². The Balaban J connectivity index is 4.17. The molecule has 1 atom stereocenters. The summed E-state index contributed by atoms with van der Waals surface area (Å²) in [6.07, 6.45) is 0. The smallest absolute Gasteiger partial charge is 0.216 e. The molecule has 0 rings (SSSR count). The summed E-state index contributed by atoms with van der Waals surface area (Å²) in [5, 5.41) is 0.636. The Morgan fingerprint density at radius 3 is 2.50 bits per heavy atom. The number of rotatable bonds is 7. The lowest BCUT2D eigenvalue weighted by Crippen LogP contribution is -2.38. The van der Waals surface area contributed by atoms with Crippen molar-refractivity contribution in [2.75, 3.05) is 31.3 Å². The van der Waals surface area contributed by atoms with Crippen molar-refractivity contribution in [3.8, 4) is 0 Å². The third kappa shape index (κ3) is 4.72. The van der Waals surface area contributed by atoms with Crippen LogP contribution in [-0.4, -0.2) is 50.1 Å². The zero-order chi connectivity index (χ0) is 11.2. The van der Waals surface area contributed by atoms with Crippen LogP contribution in [0, 0.1) is 0 Å². The van der Waals surface area contributed by atoms with E-state index in [0.29, 0.717) is 11.9 Å². The maximum Gasteiger partial charge on any atom is 0.216 e. The molecular formula is C8H18BrNO3S. The van der Waals surface area contributed by atoms with Gasteiger partial charge in [-0.1, -0.05) is 15.9 Å². The molecule has 6 heteroatoms. The van der Waals surface area contributed by atoms with Gasteiger partial charge in [0.2, 0.25) is 10.0 Å². The van der Waals surface area contributed by atoms with Crippen LogP contribution in [0.25, 0.3) is 0 Å². The number of hydrogen-bond acceptors (Lipinski definition) is 3. The number of nitrogens with zero attached hydrogens (tertiary/aromatic N) is 1. The van der Waals surface area contributed by atoms with Gasteiger partial charge >= 0.3 is 0 Å². The minimum absolute atomic E-state index is 0.0263. The Kier molecular flexibility index (Phi) is 6.93. The Morgan fingerprint density at radius 1 is 1.50 bits per heavy atom. The first-order chi connectivity index (χ1) is 6.45. The van der Waals surface area contributed by atoms with Crippen LogP contribution < -0.4 is 0 Å². The highest BCUT2D eigenvalue weighted by molar-refractivity contribution is 9.09. The monoisotopic (exact) mass is 287 g/mol. The number of ether oxygens (including phenoxy) is 1. The minimum Gasteiger partial charge on any atom is -0.381 e. The Hall–Kier alpha value is 0.350. The van der Waals surface area contributed by atoms with E-state index in [0.717, 1.165) is 0 Å². The van der Waals surface area contributed by atoms with Crippen LogP contribution >= 0.6 is 15.9 Å². The van der Waals surface area contributed by atoms with E-state index >= 15 is 0 Å².